The Hall–Kier alpha value is -0.830. The molecule has 0 aromatic carbocycles. The molecule has 2 atom stereocenters. The lowest BCUT2D eigenvalue weighted by Gasteiger charge is -2.36. The zero-order chi connectivity index (χ0) is 12.3. The first-order valence-electron chi connectivity index (χ1n) is 6.77. The fraction of sp³-hybridized carbons (Fsp3) is 0.786. The Morgan fingerprint density at radius 2 is 1.94 bits per heavy atom. The molecule has 0 spiro atoms. The van der Waals surface area contributed by atoms with Gasteiger partial charge in [0.25, 0.3) is 0 Å². The smallest absolute Gasteiger partial charge is 0.330 e. The summed E-state index contributed by atoms with van der Waals surface area (Å²) >= 11 is 0. The number of ether oxygens (including phenoxy) is 1. The molecule has 1 saturated carbocycles. The number of esters is 1. The molecule has 1 heterocycles. The molecule has 0 radical (unpaired) electrons. The Kier molecular flexibility index (Phi) is 4.21. The van der Waals surface area contributed by atoms with Crippen molar-refractivity contribution in [1.82, 2.24) is 4.90 Å². The van der Waals surface area contributed by atoms with Gasteiger partial charge < -0.3 is 9.64 Å². The summed E-state index contributed by atoms with van der Waals surface area (Å²) in [6.07, 6.45) is 6.85. The van der Waals surface area contributed by atoms with Crippen molar-refractivity contribution in [1.29, 1.82) is 0 Å². The fourth-order valence-corrected chi connectivity index (χ4v) is 3.22. The minimum absolute atomic E-state index is 0.149. The molecule has 1 saturated heterocycles. The number of rotatable bonds is 2. The summed E-state index contributed by atoms with van der Waals surface area (Å²) in [6.45, 7) is 4.53. The van der Waals surface area contributed by atoms with Crippen LogP contribution in [0.1, 0.15) is 32.6 Å². The van der Waals surface area contributed by atoms with E-state index in [4.69, 9.17) is 4.74 Å². The molecule has 1 aliphatic carbocycles. The van der Waals surface area contributed by atoms with Crippen LogP contribution in [0.2, 0.25) is 0 Å². The van der Waals surface area contributed by atoms with Crippen LogP contribution >= 0.6 is 0 Å². The van der Waals surface area contributed by atoms with Crippen LogP contribution in [0.3, 0.4) is 0 Å². The molecule has 3 heteroatoms. The average Bonchev–Trinajstić information content (AvgIpc) is 2.40. The molecule has 2 aliphatic rings. The Morgan fingerprint density at radius 3 is 2.47 bits per heavy atom. The van der Waals surface area contributed by atoms with Crippen molar-refractivity contribution in [2.24, 2.45) is 11.8 Å². The van der Waals surface area contributed by atoms with Gasteiger partial charge in [0, 0.05) is 19.2 Å². The third kappa shape index (κ3) is 3.09. The summed E-state index contributed by atoms with van der Waals surface area (Å²) in [5, 5.41) is 0. The number of carbonyl (C=O) groups is 1. The first-order valence-corrected chi connectivity index (χ1v) is 6.77. The molecule has 0 amide bonds. The summed E-state index contributed by atoms with van der Waals surface area (Å²) in [4.78, 5) is 14.0. The van der Waals surface area contributed by atoms with Crippen LogP contribution in [0, 0.1) is 11.8 Å². The van der Waals surface area contributed by atoms with Gasteiger partial charge in [-0.2, -0.15) is 0 Å². The molecular weight excluding hydrogens is 214 g/mol. The van der Waals surface area contributed by atoms with Gasteiger partial charge >= 0.3 is 5.97 Å². The summed E-state index contributed by atoms with van der Waals surface area (Å²) < 4.78 is 5.05. The van der Waals surface area contributed by atoms with Crippen LogP contribution in [0.25, 0.3) is 0 Å². The lowest BCUT2D eigenvalue weighted by atomic mass is 9.82. The largest absolute Gasteiger partial charge is 0.463 e. The molecular formula is C14H23NO2. The molecule has 1 aliphatic heterocycles. The van der Waals surface area contributed by atoms with Gasteiger partial charge in [-0.1, -0.05) is 18.4 Å². The SMILES string of the molecule is CCOC(=O)C=C1C2CCCCC1CN(C)C2. The Balaban J connectivity index is 2.16. The van der Waals surface area contributed by atoms with Crippen LogP contribution in [0.4, 0.5) is 0 Å². The zero-order valence-electron chi connectivity index (χ0n) is 10.9. The number of piperidine rings is 1. The van der Waals surface area contributed by atoms with E-state index in [2.05, 4.69) is 11.9 Å². The van der Waals surface area contributed by atoms with Crippen molar-refractivity contribution in [3.8, 4) is 0 Å². The third-order valence-corrected chi connectivity index (χ3v) is 3.93. The molecule has 96 valence electrons. The lowest BCUT2D eigenvalue weighted by Crippen LogP contribution is -2.39. The normalized spacial score (nSPS) is 29.6. The van der Waals surface area contributed by atoms with Crippen molar-refractivity contribution in [2.75, 3.05) is 26.7 Å². The molecule has 0 aromatic heterocycles. The molecule has 3 nitrogen and oxygen atoms in total. The topological polar surface area (TPSA) is 29.5 Å². The highest BCUT2D eigenvalue weighted by molar-refractivity contribution is 5.83. The molecule has 17 heavy (non-hydrogen) atoms. The summed E-state index contributed by atoms with van der Waals surface area (Å²) in [5.74, 6) is 1.00. The average molecular weight is 237 g/mol. The van der Waals surface area contributed by atoms with Gasteiger partial charge in [-0.05, 0) is 38.6 Å². The van der Waals surface area contributed by atoms with Gasteiger partial charge in [0.05, 0.1) is 6.61 Å². The minimum Gasteiger partial charge on any atom is -0.463 e. The van der Waals surface area contributed by atoms with E-state index in [-0.39, 0.29) is 5.97 Å². The maximum atomic E-state index is 11.6. The van der Waals surface area contributed by atoms with Crippen LogP contribution in [0.15, 0.2) is 11.6 Å². The molecule has 2 bridgehead atoms. The monoisotopic (exact) mass is 237 g/mol. The van der Waals surface area contributed by atoms with Crippen LogP contribution in [0.5, 0.6) is 0 Å². The van der Waals surface area contributed by atoms with Gasteiger partial charge in [0.15, 0.2) is 0 Å². The first kappa shape index (κ1) is 12.6. The lowest BCUT2D eigenvalue weighted by molar-refractivity contribution is -0.137. The second kappa shape index (κ2) is 5.67. The quantitative estimate of drug-likeness (QED) is 0.545. The van der Waals surface area contributed by atoms with Crippen molar-refractivity contribution in [3.63, 3.8) is 0 Å². The van der Waals surface area contributed by atoms with Gasteiger partial charge in [-0.3, -0.25) is 0 Å². The molecule has 0 N–H and O–H groups in total. The van der Waals surface area contributed by atoms with E-state index in [1.165, 1.54) is 31.3 Å². The maximum absolute atomic E-state index is 11.6. The summed E-state index contributed by atoms with van der Waals surface area (Å²) in [7, 11) is 2.19. The van der Waals surface area contributed by atoms with Crippen molar-refractivity contribution < 1.29 is 9.53 Å². The highest BCUT2D eigenvalue weighted by atomic mass is 16.5. The van der Waals surface area contributed by atoms with E-state index in [1.54, 1.807) is 6.08 Å². The van der Waals surface area contributed by atoms with Gasteiger partial charge in [-0.25, -0.2) is 4.79 Å². The van der Waals surface area contributed by atoms with Crippen molar-refractivity contribution in [3.05, 3.63) is 11.6 Å². The second-order valence-electron chi connectivity index (χ2n) is 5.30. The Labute approximate surface area is 104 Å². The van der Waals surface area contributed by atoms with E-state index < -0.39 is 0 Å². The second-order valence-corrected chi connectivity index (χ2v) is 5.30. The fourth-order valence-electron chi connectivity index (χ4n) is 3.22. The van der Waals surface area contributed by atoms with E-state index in [0.29, 0.717) is 18.4 Å². The number of hydrogen-bond acceptors (Lipinski definition) is 3. The predicted octanol–water partition coefficient (Wildman–Crippen LogP) is 2.23. The molecule has 0 aromatic rings. The minimum atomic E-state index is -0.149. The number of fused-ring (bicyclic) bond motifs is 2. The van der Waals surface area contributed by atoms with Crippen molar-refractivity contribution >= 4 is 5.97 Å². The Bertz CT molecular complexity index is 293. The van der Waals surface area contributed by atoms with Crippen LogP contribution in [-0.2, 0) is 9.53 Å². The highest BCUT2D eigenvalue weighted by Crippen LogP contribution is 2.37. The first-order chi connectivity index (χ1) is 8.20. The third-order valence-electron chi connectivity index (χ3n) is 3.93. The van der Waals surface area contributed by atoms with E-state index in [0.717, 1.165) is 13.1 Å². The molecule has 2 fully saturated rings. The van der Waals surface area contributed by atoms with Crippen LogP contribution < -0.4 is 0 Å². The van der Waals surface area contributed by atoms with Gasteiger partial charge in [0.2, 0.25) is 0 Å². The van der Waals surface area contributed by atoms with E-state index in [9.17, 15) is 4.79 Å². The summed E-state index contributed by atoms with van der Waals surface area (Å²) in [6, 6.07) is 0. The van der Waals surface area contributed by atoms with E-state index >= 15 is 0 Å². The number of carbonyl (C=O) groups excluding carboxylic acids is 1. The highest BCUT2D eigenvalue weighted by Gasteiger charge is 2.32. The van der Waals surface area contributed by atoms with E-state index in [1.807, 2.05) is 6.92 Å². The van der Waals surface area contributed by atoms with Gasteiger partial charge in [0.1, 0.15) is 0 Å². The van der Waals surface area contributed by atoms with Gasteiger partial charge in [-0.15, -0.1) is 0 Å². The Morgan fingerprint density at radius 1 is 1.35 bits per heavy atom. The number of likely N-dealkylation sites (tertiary alicyclic amines) is 1. The number of nitrogens with zero attached hydrogens (tertiary/aromatic N) is 1. The maximum Gasteiger partial charge on any atom is 0.330 e. The summed E-state index contributed by atoms with van der Waals surface area (Å²) in [5.41, 5.74) is 1.36. The zero-order valence-corrected chi connectivity index (χ0v) is 10.9. The number of hydrogen-bond donors (Lipinski definition) is 0. The molecule has 2 rings (SSSR count). The standard InChI is InChI=1S/C14H23NO2/c1-3-17-14(16)8-13-11-6-4-5-7-12(13)10-15(2)9-11/h8,11-12H,3-7,9-10H2,1-2H3. The molecule has 2 unspecified atom stereocenters. The predicted molar refractivity (Wildman–Crippen MR) is 67.7 cm³/mol. The van der Waals surface area contributed by atoms with Crippen LogP contribution in [-0.4, -0.2) is 37.6 Å². The van der Waals surface area contributed by atoms with Crippen molar-refractivity contribution in [2.45, 2.75) is 32.6 Å².